The molecule has 0 atom stereocenters. The number of ether oxygens (including phenoxy) is 2. The molecule has 0 saturated heterocycles. The minimum Gasteiger partial charge on any atom is -0.497 e. The third-order valence-corrected chi connectivity index (χ3v) is 5.22. The van der Waals surface area contributed by atoms with Crippen LogP contribution in [-0.2, 0) is 6.42 Å². The maximum Gasteiger partial charge on any atom is 0.293 e. The summed E-state index contributed by atoms with van der Waals surface area (Å²) in [6, 6.07) is 12.1. The number of hydrogen-bond acceptors (Lipinski definition) is 5. The number of H-pyrrole nitrogens is 1. The van der Waals surface area contributed by atoms with E-state index >= 15 is 0 Å². The quantitative estimate of drug-likeness (QED) is 0.418. The lowest BCUT2D eigenvalue weighted by atomic mass is 10.1. The molecule has 0 saturated carbocycles. The Bertz CT molecular complexity index is 1190. The SMILES string of the molecule is COc1ccc(OC)c(Cc2ccc(C(=O)Nc3nc4cc(Cl)c(Cl)cc4[nH]3)o2)c1. The van der Waals surface area contributed by atoms with E-state index in [1.165, 1.54) is 0 Å². The van der Waals surface area contributed by atoms with Gasteiger partial charge in [0.2, 0.25) is 5.95 Å². The highest BCUT2D eigenvalue weighted by molar-refractivity contribution is 6.42. The molecule has 154 valence electrons. The van der Waals surface area contributed by atoms with Crippen LogP contribution in [0.25, 0.3) is 11.0 Å². The second-order valence-electron chi connectivity index (χ2n) is 6.44. The Kier molecular flexibility index (Phi) is 5.57. The van der Waals surface area contributed by atoms with Crippen molar-refractivity contribution in [3.63, 3.8) is 0 Å². The molecule has 30 heavy (non-hydrogen) atoms. The predicted molar refractivity (Wildman–Crippen MR) is 115 cm³/mol. The summed E-state index contributed by atoms with van der Waals surface area (Å²) in [6.07, 6.45) is 0.440. The fraction of sp³-hybridized carbons (Fsp3) is 0.143. The minimum absolute atomic E-state index is 0.156. The number of aromatic amines is 1. The predicted octanol–water partition coefficient (Wildman–Crippen LogP) is 5.32. The molecule has 0 bridgehead atoms. The molecule has 4 aromatic rings. The van der Waals surface area contributed by atoms with Crippen molar-refractivity contribution in [1.29, 1.82) is 0 Å². The Hall–Kier alpha value is -3.16. The number of nitrogens with zero attached hydrogens (tertiary/aromatic N) is 1. The van der Waals surface area contributed by atoms with Crippen LogP contribution < -0.4 is 14.8 Å². The van der Waals surface area contributed by atoms with Crippen molar-refractivity contribution in [2.24, 2.45) is 0 Å². The normalized spacial score (nSPS) is 10.9. The van der Waals surface area contributed by atoms with Gasteiger partial charge in [0.1, 0.15) is 17.3 Å². The number of carbonyl (C=O) groups excluding carboxylic acids is 1. The lowest BCUT2D eigenvalue weighted by molar-refractivity contribution is 0.0994. The van der Waals surface area contributed by atoms with Crippen LogP contribution in [0.3, 0.4) is 0 Å². The number of methoxy groups -OCH3 is 2. The van der Waals surface area contributed by atoms with E-state index in [0.29, 0.717) is 44.8 Å². The molecule has 0 spiro atoms. The Balaban J connectivity index is 1.51. The molecule has 0 aliphatic carbocycles. The maximum absolute atomic E-state index is 12.6. The van der Waals surface area contributed by atoms with Crippen LogP contribution in [0.5, 0.6) is 11.5 Å². The molecule has 0 fully saturated rings. The molecule has 2 N–H and O–H groups in total. The van der Waals surface area contributed by atoms with Gasteiger partial charge in [0.25, 0.3) is 5.91 Å². The number of aromatic nitrogens is 2. The average molecular weight is 446 g/mol. The van der Waals surface area contributed by atoms with Gasteiger partial charge in [-0.1, -0.05) is 23.2 Å². The fourth-order valence-corrected chi connectivity index (χ4v) is 3.36. The molecule has 7 nitrogen and oxygen atoms in total. The molecule has 0 aliphatic rings. The highest BCUT2D eigenvalue weighted by Crippen LogP contribution is 2.28. The van der Waals surface area contributed by atoms with Crippen LogP contribution in [0, 0.1) is 0 Å². The summed E-state index contributed by atoms with van der Waals surface area (Å²) in [5.74, 6) is 2.01. The van der Waals surface area contributed by atoms with Crippen molar-refractivity contribution in [3.05, 3.63) is 69.6 Å². The molecule has 2 aromatic heterocycles. The van der Waals surface area contributed by atoms with Gasteiger partial charge in [-0.05, 0) is 42.5 Å². The maximum atomic E-state index is 12.6. The molecule has 0 radical (unpaired) electrons. The number of imidazole rings is 1. The standard InChI is InChI=1S/C21H17Cl2N3O4/c1-28-12-3-5-18(29-2)11(7-12)8-13-4-6-19(30-13)20(27)26-21-24-16-9-14(22)15(23)10-17(16)25-21/h3-7,9-10H,8H2,1-2H3,(H2,24,25,26,27). The third-order valence-electron chi connectivity index (χ3n) is 4.49. The molecular weight excluding hydrogens is 429 g/mol. The van der Waals surface area contributed by atoms with Crippen molar-refractivity contribution in [3.8, 4) is 11.5 Å². The fourth-order valence-electron chi connectivity index (χ4n) is 3.04. The van der Waals surface area contributed by atoms with Crippen LogP contribution in [0.1, 0.15) is 21.9 Å². The van der Waals surface area contributed by atoms with Gasteiger partial charge in [-0.25, -0.2) is 4.98 Å². The highest BCUT2D eigenvalue weighted by Gasteiger charge is 2.16. The average Bonchev–Trinajstić information content (AvgIpc) is 3.35. The number of amides is 1. The molecule has 1 amide bonds. The van der Waals surface area contributed by atoms with Gasteiger partial charge in [-0.3, -0.25) is 10.1 Å². The molecule has 4 rings (SSSR count). The largest absolute Gasteiger partial charge is 0.497 e. The van der Waals surface area contributed by atoms with Crippen molar-refractivity contribution >= 4 is 46.1 Å². The Morgan fingerprint density at radius 3 is 2.67 bits per heavy atom. The summed E-state index contributed by atoms with van der Waals surface area (Å²) in [5.41, 5.74) is 2.12. The van der Waals surface area contributed by atoms with Crippen LogP contribution in [0.2, 0.25) is 10.0 Å². The highest BCUT2D eigenvalue weighted by atomic mass is 35.5. The topological polar surface area (TPSA) is 89.4 Å². The zero-order valence-corrected chi connectivity index (χ0v) is 17.6. The molecule has 0 aliphatic heterocycles. The summed E-state index contributed by atoms with van der Waals surface area (Å²) in [6.45, 7) is 0. The molecular formula is C21H17Cl2N3O4. The number of furan rings is 1. The van der Waals surface area contributed by atoms with Gasteiger partial charge in [-0.15, -0.1) is 0 Å². The van der Waals surface area contributed by atoms with Crippen LogP contribution >= 0.6 is 23.2 Å². The second kappa shape index (κ2) is 8.30. The van der Waals surface area contributed by atoms with Crippen molar-refractivity contribution in [2.45, 2.75) is 6.42 Å². The van der Waals surface area contributed by atoms with E-state index < -0.39 is 5.91 Å². The summed E-state index contributed by atoms with van der Waals surface area (Å²) < 4.78 is 16.4. The van der Waals surface area contributed by atoms with Crippen molar-refractivity contribution in [2.75, 3.05) is 19.5 Å². The minimum atomic E-state index is -0.435. The van der Waals surface area contributed by atoms with Gasteiger partial charge in [0, 0.05) is 12.0 Å². The Morgan fingerprint density at radius 2 is 1.90 bits per heavy atom. The first-order valence-electron chi connectivity index (χ1n) is 8.92. The smallest absolute Gasteiger partial charge is 0.293 e. The summed E-state index contributed by atoms with van der Waals surface area (Å²) in [4.78, 5) is 19.8. The van der Waals surface area contributed by atoms with Crippen molar-refractivity contribution in [1.82, 2.24) is 9.97 Å². The van der Waals surface area contributed by atoms with Crippen LogP contribution in [0.4, 0.5) is 5.95 Å². The number of fused-ring (bicyclic) bond motifs is 1. The first kappa shape index (κ1) is 20.1. The second-order valence-corrected chi connectivity index (χ2v) is 7.26. The van der Waals surface area contributed by atoms with Gasteiger partial charge >= 0.3 is 0 Å². The monoisotopic (exact) mass is 445 g/mol. The number of carbonyl (C=O) groups is 1. The lowest BCUT2D eigenvalue weighted by Gasteiger charge is -2.09. The number of benzene rings is 2. The molecule has 2 aromatic carbocycles. The third kappa shape index (κ3) is 4.08. The zero-order chi connectivity index (χ0) is 21.3. The van der Waals surface area contributed by atoms with Crippen LogP contribution in [0.15, 0.2) is 46.9 Å². The van der Waals surface area contributed by atoms with Gasteiger partial charge in [-0.2, -0.15) is 0 Å². The number of anilines is 1. The van der Waals surface area contributed by atoms with E-state index in [9.17, 15) is 4.79 Å². The van der Waals surface area contributed by atoms with E-state index in [1.807, 2.05) is 18.2 Å². The Morgan fingerprint density at radius 1 is 1.10 bits per heavy atom. The number of halogens is 2. The first-order valence-corrected chi connectivity index (χ1v) is 9.68. The van der Waals surface area contributed by atoms with Gasteiger partial charge in [0.15, 0.2) is 5.76 Å². The van der Waals surface area contributed by atoms with Gasteiger partial charge in [0.05, 0.1) is 35.3 Å². The number of nitrogens with one attached hydrogen (secondary N) is 2. The summed E-state index contributed by atoms with van der Waals surface area (Å²) in [5, 5.41) is 3.46. The van der Waals surface area contributed by atoms with E-state index in [4.69, 9.17) is 37.1 Å². The van der Waals surface area contributed by atoms with Crippen LogP contribution in [-0.4, -0.2) is 30.1 Å². The van der Waals surface area contributed by atoms with E-state index in [2.05, 4.69) is 15.3 Å². The lowest BCUT2D eigenvalue weighted by Crippen LogP contribution is -2.11. The van der Waals surface area contributed by atoms with E-state index in [1.54, 1.807) is 38.5 Å². The zero-order valence-electron chi connectivity index (χ0n) is 16.1. The number of hydrogen-bond donors (Lipinski definition) is 2. The molecule has 9 heteroatoms. The summed E-state index contributed by atoms with van der Waals surface area (Å²) >= 11 is 12.0. The van der Waals surface area contributed by atoms with Crippen molar-refractivity contribution < 1.29 is 18.7 Å². The Labute approximate surface area is 181 Å². The molecule has 0 unspecified atom stereocenters. The van der Waals surface area contributed by atoms with E-state index in [0.717, 1.165) is 5.56 Å². The number of rotatable bonds is 6. The molecule has 2 heterocycles. The van der Waals surface area contributed by atoms with E-state index in [-0.39, 0.29) is 11.7 Å². The summed E-state index contributed by atoms with van der Waals surface area (Å²) in [7, 11) is 3.20. The van der Waals surface area contributed by atoms with Gasteiger partial charge < -0.3 is 18.9 Å². The first-order chi connectivity index (χ1) is 14.5.